The average Bonchev–Trinajstić information content (AvgIpc) is 3.04. The minimum atomic E-state index is -0.0939. The van der Waals surface area contributed by atoms with Gasteiger partial charge in [0.05, 0.1) is 6.54 Å². The maximum Gasteiger partial charge on any atom is 0.271 e. The molecule has 2 aromatic rings. The van der Waals surface area contributed by atoms with Gasteiger partial charge in [0, 0.05) is 11.9 Å². The lowest BCUT2D eigenvalue weighted by Gasteiger charge is -2.29. The van der Waals surface area contributed by atoms with E-state index in [1.165, 1.54) is 12.8 Å². The minimum Gasteiger partial charge on any atom is -0.347 e. The Morgan fingerprint density at radius 2 is 2.04 bits per heavy atom. The lowest BCUT2D eigenvalue weighted by Crippen LogP contribution is -2.32. The van der Waals surface area contributed by atoms with Gasteiger partial charge >= 0.3 is 0 Å². The molecule has 0 atom stereocenters. The second-order valence-corrected chi connectivity index (χ2v) is 7.20. The Morgan fingerprint density at radius 1 is 1.30 bits per heavy atom. The highest BCUT2D eigenvalue weighted by atomic mass is 32.1. The van der Waals surface area contributed by atoms with E-state index in [-0.39, 0.29) is 5.91 Å². The summed E-state index contributed by atoms with van der Waals surface area (Å²) in [7, 11) is 0. The van der Waals surface area contributed by atoms with Crippen molar-refractivity contribution in [1.29, 1.82) is 0 Å². The van der Waals surface area contributed by atoms with Crippen LogP contribution in [0.5, 0.6) is 0 Å². The van der Waals surface area contributed by atoms with E-state index in [2.05, 4.69) is 22.1 Å². The van der Waals surface area contributed by atoms with Crippen molar-refractivity contribution in [3.63, 3.8) is 0 Å². The first-order valence-corrected chi connectivity index (χ1v) is 9.07. The molecule has 1 saturated heterocycles. The molecule has 1 fully saturated rings. The van der Waals surface area contributed by atoms with Crippen molar-refractivity contribution in [3.8, 4) is 0 Å². The van der Waals surface area contributed by atoms with E-state index in [1.54, 1.807) is 11.3 Å². The van der Waals surface area contributed by atoms with E-state index in [4.69, 9.17) is 0 Å². The molecular formula is C18H23N3OS. The van der Waals surface area contributed by atoms with Gasteiger partial charge in [0.15, 0.2) is 0 Å². The van der Waals surface area contributed by atoms with Gasteiger partial charge in [0.1, 0.15) is 10.7 Å². The van der Waals surface area contributed by atoms with E-state index in [0.717, 1.165) is 36.1 Å². The maximum atomic E-state index is 12.2. The summed E-state index contributed by atoms with van der Waals surface area (Å²) in [6, 6.07) is 9.93. The van der Waals surface area contributed by atoms with E-state index in [9.17, 15) is 4.79 Å². The topological polar surface area (TPSA) is 45.2 Å². The number of benzene rings is 1. The molecule has 1 N–H and O–H groups in total. The molecule has 5 heteroatoms. The number of likely N-dealkylation sites (tertiary alicyclic amines) is 1. The van der Waals surface area contributed by atoms with Crippen LogP contribution in [0.4, 0.5) is 0 Å². The van der Waals surface area contributed by atoms with Crippen molar-refractivity contribution < 1.29 is 4.79 Å². The molecule has 0 aliphatic carbocycles. The molecule has 0 unspecified atom stereocenters. The van der Waals surface area contributed by atoms with Crippen LogP contribution in [-0.4, -0.2) is 28.9 Å². The quantitative estimate of drug-likeness (QED) is 0.915. The van der Waals surface area contributed by atoms with E-state index < -0.39 is 0 Å². The summed E-state index contributed by atoms with van der Waals surface area (Å²) in [4.78, 5) is 19.1. The number of thiazole rings is 1. The Hall–Kier alpha value is -1.72. The predicted molar refractivity (Wildman–Crippen MR) is 93.4 cm³/mol. The molecule has 1 aliphatic rings. The smallest absolute Gasteiger partial charge is 0.271 e. The van der Waals surface area contributed by atoms with Crippen LogP contribution in [-0.2, 0) is 13.1 Å². The number of carbonyl (C=O) groups is 1. The van der Waals surface area contributed by atoms with Gasteiger partial charge in [-0.1, -0.05) is 37.3 Å². The molecule has 23 heavy (non-hydrogen) atoms. The van der Waals surface area contributed by atoms with Crippen LogP contribution in [0.25, 0.3) is 0 Å². The van der Waals surface area contributed by atoms with Gasteiger partial charge < -0.3 is 5.32 Å². The number of piperidine rings is 1. The number of hydrogen-bond acceptors (Lipinski definition) is 4. The van der Waals surface area contributed by atoms with Crippen LogP contribution in [0.1, 0.15) is 40.8 Å². The van der Waals surface area contributed by atoms with Gasteiger partial charge in [-0.25, -0.2) is 4.98 Å². The summed E-state index contributed by atoms with van der Waals surface area (Å²) in [5.41, 5.74) is 1.63. The largest absolute Gasteiger partial charge is 0.347 e. The van der Waals surface area contributed by atoms with E-state index in [1.807, 2.05) is 35.7 Å². The Labute approximate surface area is 141 Å². The SMILES string of the molecule is CC1CCN(Cc2nc(C(=O)NCc3ccccc3)cs2)CC1. The number of hydrogen-bond donors (Lipinski definition) is 1. The minimum absolute atomic E-state index is 0.0939. The molecular weight excluding hydrogens is 306 g/mol. The van der Waals surface area contributed by atoms with Gasteiger partial charge in [0.25, 0.3) is 5.91 Å². The normalized spacial score (nSPS) is 16.4. The summed E-state index contributed by atoms with van der Waals surface area (Å²) < 4.78 is 0. The number of aromatic nitrogens is 1. The molecule has 1 aromatic heterocycles. The lowest BCUT2D eigenvalue weighted by molar-refractivity contribution is 0.0946. The zero-order valence-electron chi connectivity index (χ0n) is 13.5. The Balaban J connectivity index is 1.51. The van der Waals surface area contributed by atoms with Crippen molar-refractivity contribution in [2.24, 2.45) is 5.92 Å². The summed E-state index contributed by atoms with van der Waals surface area (Å²) in [6.45, 7) is 5.99. The molecule has 1 aliphatic heterocycles. The zero-order chi connectivity index (χ0) is 16.1. The number of nitrogens with zero attached hydrogens (tertiary/aromatic N) is 2. The van der Waals surface area contributed by atoms with Crippen LogP contribution in [0.15, 0.2) is 35.7 Å². The molecule has 1 amide bonds. The van der Waals surface area contributed by atoms with Crippen molar-refractivity contribution in [3.05, 3.63) is 52.0 Å². The molecule has 122 valence electrons. The fraction of sp³-hybridized carbons (Fsp3) is 0.444. The van der Waals surface area contributed by atoms with Crippen LogP contribution >= 0.6 is 11.3 Å². The standard InChI is InChI=1S/C18H23N3OS/c1-14-7-9-21(10-8-14)12-17-20-16(13-23-17)18(22)19-11-15-5-3-2-4-6-15/h2-6,13-14H,7-12H2,1H3,(H,19,22). The Bertz CT molecular complexity index is 633. The molecule has 0 radical (unpaired) electrons. The van der Waals surface area contributed by atoms with Crippen LogP contribution in [0, 0.1) is 5.92 Å². The van der Waals surface area contributed by atoms with Crippen molar-refractivity contribution in [2.75, 3.05) is 13.1 Å². The van der Waals surface area contributed by atoms with Gasteiger partial charge in [-0.15, -0.1) is 11.3 Å². The third-order valence-electron chi connectivity index (χ3n) is 4.32. The Morgan fingerprint density at radius 3 is 2.78 bits per heavy atom. The van der Waals surface area contributed by atoms with Gasteiger partial charge in [-0.2, -0.15) is 0 Å². The molecule has 2 heterocycles. The van der Waals surface area contributed by atoms with Crippen molar-refractivity contribution in [2.45, 2.75) is 32.9 Å². The fourth-order valence-electron chi connectivity index (χ4n) is 2.77. The maximum absolute atomic E-state index is 12.2. The molecule has 3 rings (SSSR count). The highest BCUT2D eigenvalue weighted by molar-refractivity contribution is 7.09. The van der Waals surface area contributed by atoms with E-state index >= 15 is 0 Å². The second-order valence-electron chi connectivity index (χ2n) is 6.25. The molecule has 0 bridgehead atoms. The van der Waals surface area contributed by atoms with Crippen molar-refractivity contribution >= 4 is 17.2 Å². The first-order chi connectivity index (χ1) is 11.2. The van der Waals surface area contributed by atoms with Crippen LogP contribution in [0.2, 0.25) is 0 Å². The molecule has 4 nitrogen and oxygen atoms in total. The van der Waals surface area contributed by atoms with Gasteiger partial charge in [-0.05, 0) is 37.4 Å². The highest BCUT2D eigenvalue weighted by Gasteiger charge is 2.18. The number of nitrogens with one attached hydrogen (secondary N) is 1. The molecule has 1 aromatic carbocycles. The summed E-state index contributed by atoms with van der Waals surface area (Å²) in [5.74, 6) is 0.741. The first kappa shape index (κ1) is 16.1. The number of carbonyl (C=O) groups excluding carboxylic acids is 1. The number of rotatable bonds is 5. The number of amides is 1. The van der Waals surface area contributed by atoms with Crippen molar-refractivity contribution in [1.82, 2.24) is 15.2 Å². The Kier molecular flexibility index (Phi) is 5.41. The highest BCUT2D eigenvalue weighted by Crippen LogP contribution is 2.19. The summed E-state index contributed by atoms with van der Waals surface area (Å²) in [5, 5.41) is 5.82. The third kappa shape index (κ3) is 4.62. The van der Waals surface area contributed by atoms with E-state index in [0.29, 0.717) is 12.2 Å². The predicted octanol–water partition coefficient (Wildman–Crippen LogP) is 3.31. The monoisotopic (exact) mass is 329 g/mol. The molecule has 0 spiro atoms. The lowest BCUT2D eigenvalue weighted by atomic mass is 9.99. The van der Waals surface area contributed by atoms with Crippen LogP contribution < -0.4 is 5.32 Å². The van der Waals surface area contributed by atoms with Gasteiger partial charge in [0.2, 0.25) is 0 Å². The fourth-order valence-corrected chi connectivity index (χ4v) is 3.58. The third-order valence-corrected chi connectivity index (χ3v) is 5.15. The zero-order valence-corrected chi connectivity index (χ0v) is 14.3. The van der Waals surface area contributed by atoms with Gasteiger partial charge in [-0.3, -0.25) is 9.69 Å². The second kappa shape index (κ2) is 7.70. The molecule has 0 saturated carbocycles. The first-order valence-electron chi connectivity index (χ1n) is 8.19. The van der Waals surface area contributed by atoms with Crippen LogP contribution in [0.3, 0.4) is 0 Å². The summed E-state index contributed by atoms with van der Waals surface area (Å²) >= 11 is 1.58. The average molecular weight is 329 g/mol. The summed E-state index contributed by atoms with van der Waals surface area (Å²) in [6.07, 6.45) is 2.52.